The van der Waals surface area contributed by atoms with Crippen molar-refractivity contribution in [3.05, 3.63) is 67.8 Å². The summed E-state index contributed by atoms with van der Waals surface area (Å²) in [5.74, 6) is 0.909. The smallest absolute Gasteiger partial charge is 0.258 e. The normalized spacial score (nSPS) is 11.2. The van der Waals surface area contributed by atoms with E-state index in [0.717, 1.165) is 17.0 Å². The molecule has 0 unspecified atom stereocenters. The highest BCUT2D eigenvalue weighted by molar-refractivity contribution is 7.97. The van der Waals surface area contributed by atoms with Crippen molar-refractivity contribution in [2.24, 2.45) is 0 Å². The maximum Gasteiger partial charge on any atom is 0.258 e. The Kier molecular flexibility index (Phi) is 4.52. The van der Waals surface area contributed by atoms with Gasteiger partial charge in [0.1, 0.15) is 5.82 Å². The molecule has 0 aliphatic rings. The zero-order chi connectivity index (χ0) is 15.7. The fourth-order valence-electron chi connectivity index (χ4n) is 2.08. The molecule has 0 N–H and O–H groups in total. The van der Waals surface area contributed by atoms with E-state index >= 15 is 0 Å². The molecule has 22 heavy (non-hydrogen) atoms. The molecule has 0 aliphatic carbocycles. The standard InChI is InChI=1S/C15H12ClFN2OS2/c1-9-6-22-15-18-12(5-14(20)19(9)15)8-21-7-10-2-3-11(17)4-13(10)16/h2-6H,7-8H2,1H3. The van der Waals surface area contributed by atoms with Gasteiger partial charge in [0, 0.05) is 33.7 Å². The average molecular weight is 355 g/mol. The molecular formula is C15H12ClFN2OS2. The Morgan fingerprint density at radius 2 is 2.18 bits per heavy atom. The van der Waals surface area contributed by atoms with Crippen LogP contribution in [0.15, 0.2) is 34.4 Å². The third kappa shape index (κ3) is 3.19. The molecule has 0 saturated carbocycles. The lowest BCUT2D eigenvalue weighted by atomic mass is 10.2. The highest BCUT2D eigenvalue weighted by Crippen LogP contribution is 2.24. The van der Waals surface area contributed by atoms with Crippen LogP contribution < -0.4 is 5.56 Å². The molecule has 2 aromatic heterocycles. The number of thiazole rings is 1. The monoisotopic (exact) mass is 354 g/mol. The number of rotatable bonds is 4. The largest absolute Gasteiger partial charge is 0.269 e. The number of hydrogen-bond acceptors (Lipinski definition) is 4. The SMILES string of the molecule is Cc1csc2nc(CSCc3ccc(F)cc3Cl)cc(=O)n12. The molecule has 0 atom stereocenters. The van der Waals surface area contributed by atoms with Crippen LogP contribution in [-0.2, 0) is 11.5 Å². The third-order valence-corrected chi connectivity index (χ3v) is 5.46. The minimum Gasteiger partial charge on any atom is -0.269 e. The number of aryl methyl sites for hydroxylation is 1. The number of hydrogen-bond donors (Lipinski definition) is 0. The summed E-state index contributed by atoms with van der Waals surface area (Å²) < 4.78 is 14.6. The first-order chi connectivity index (χ1) is 10.5. The molecule has 0 bridgehead atoms. The van der Waals surface area contributed by atoms with Crippen molar-refractivity contribution in [1.82, 2.24) is 9.38 Å². The Morgan fingerprint density at radius 1 is 1.36 bits per heavy atom. The van der Waals surface area contributed by atoms with Crippen LogP contribution in [0.5, 0.6) is 0 Å². The zero-order valence-corrected chi connectivity index (χ0v) is 14.1. The zero-order valence-electron chi connectivity index (χ0n) is 11.7. The van der Waals surface area contributed by atoms with Crippen LogP contribution in [-0.4, -0.2) is 9.38 Å². The molecule has 0 spiro atoms. The Bertz CT molecular complexity index is 891. The van der Waals surface area contributed by atoms with E-state index in [1.165, 1.54) is 23.5 Å². The van der Waals surface area contributed by atoms with Crippen molar-refractivity contribution in [1.29, 1.82) is 0 Å². The molecule has 2 heterocycles. The molecule has 0 radical (unpaired) electrons. The third-order valence-electron chi connectivity index (χ3n) is 3.15. The highest BCUT2D eigenvalue weighted by atomic mass is 35.5. The fourth-order valence-corrected chi connectivity index (χ4v) is 4.21. The van der Waals surface area contributed by atoms with Gasteiger partial charge in [-0.05, 0) is 24.6 Å². The second-order valence-electron chi connectivity index (χ2n) is 4.81. The lowest BCUT2D eigenvalue weighted by Crippen LogP contribution is -2.14. The van der Waals surface area contributed by atoms with Gasteiger partial charge in [-0.15, -0.1) is 11.3 Å². The molecule has 3 rings (SSSR count). The molecule has 3 nitrogen and oxygen atoms in total. The van der Waals surface area contributed by atoms with Gasteiger partial charge in [0.15, 0.2) is 4.96 Å². The van der Waals surface area contributed by atoms with E-state index in [1.807, 2.05) is 12.3 Å². The van der Waals surface area contributed by atoms with Gasteiger partial charge in [-0.25, -0.2) is 9.37 Å². The summed E-state index contributed by atoms with van der Waals surface area (Å²) in [6.45, 7) is 1.89. The first-order valence-corrected chi connectivity index (χ1v) is 8.94. The van der Waals surface area contributed by atoms with E-state index in [2.05, 4.69) is 4.98 Å². The van der Waals surface area contributed by atoms with Crippen molar-refractivity contribution in [2.45, 2.75) is 18.4 Å². The van der Waals surface area contributed by atoms with Gasteiger partial charge in [-0.1, -0.05) is 17.7 Å². The van der Waals surface area contributed by atoms with Crippen LogP contribution in [0.25, 0.3) is 4.96 Å². The molecule has 3 aromatic rings. The van der Waals surface area contributed by atoms with Crippen LogP contribution >= 0.6 is 34.7 Å². The van der Waals surface area contributed by atoms with Crippen molar-refractivity contribution in [3.8, 4) is 0 Å². The van der Waals surface area contributed by atoms with E-state index in [1.54, 1.807) is 28.3 Å². The van der Waals surface area contributed by atoms with Gasteiger partial charge >= 0.3 is 0 Å². The summed E-state index contributed by atoms with van der Waals surface area (Å²) in [5, 5.41) is 2.34. The average Bonchev–Trinajstić information content (AvgIpc) is 2.83. The van der Waals surface area contributed by atoms with Crippen LogP contribution in [0.3, 0.4) is 0 Å². The number of nitrogens with zero attached hydrogens (tertiary/aromatic N) is 2. The molecule has 0 saturated heterocycles. The van der Waals surface area contributed by atoms with E-state index < -0.39 is 0 Å². The summed E-state index contributed by atoms with van der Waals surface area (Å²) in [6.07, 6.45) is 0. The van der Waals surface area contributed by atoms with E-state index in [4.69, 9.17) is 11.6 Å². The van der Waals surface area contributed by atoms with Crippen molar-refractivity contribution < 1.29 is 4.39 Å². The molecule has 0 fully saturated rings. The van der Waals surface area contributed by atoms with Crippen LogP contribution in [0.4, 0.5) is 4.39 Å². The lowest BCUT2D eigenvalue weighted by molar-refractivity contribution is 0.627. The van der Waals surface area contributed by atoms with Crippen LogP contribution in [0, 0.1) is 12.7 Å². The minimum atomic E-state index is -0.341. The number of thioether (sulfide) groups is 1. The summed E-state index contributed by atoms with van der Waals surface area (Å²) in [7, 11) is 0. The fraction of sp³-hybridized carbons (Fsp3) is 0.200. The van der Waals surface area contributed by atoms with Crippen LogP contribution in [0.2, 0.25) is 5.02 Å². The molecule has 0 aliphatic heterocycles. The maximum atomic E-state index is 13.0. The lowest BCUT2D eigenvalue weighted by Gasteiger charge is -2.05. The topological polar surface area (TPSA) is 34.4 Å². The maximum absolute atomic E-state index is 13.0. The van der Waals surface area contributed by atoms with Crippen molar-refractivity contribution in [2.75, 3.05) is 0 Å². The molecule has 1 aromatic carbocycles. The van der Waals surface area contributed by atoms with Gasteiger partial charge < -0.3 is 0 Å². The first-order valence-electron chi connectivity index (χ1n) is 6.53. The van der Waals surface area contributed by atoms with Gasteiger partial charge in [-0.2, -0.15) is 11.8 Å². The highest BCUT2D eigenvalue weighted by Gasteiger charge is 2.07. The Hall–Kier alpha value is -1.37. The van der Waals surface area contributed by atoms with Crippen molar-refractivity contribution in [3.63, 3.8) is 0 Å². The number of benzene rings is 1. The van der Waals surface area contributed by atoms with E-state index in [0.29, 0.717) is 21.5 Å². The summed E-state index contributed by atoms with van der Waals surface area (Å²) in [4.78, 5) is 17.3. The van der Waals surface area contributed by atoms with Gasteiger partial charge in [0.2, 0.25) is 0 Å². The second kappa shape index (κ2) is 6.40. The van der Waals surface area contributed by atoms with Gasteiger partial charge in [-0.3, -0.25) is 9.20 Å². The minimum absolute atomic E-state index is 0.0563. The van der Waals surface area contributed by atoms with Crippen molar-refractivity contribution >= 4 is 39.7 Å². The number of halogens is 2. The number of aromatic nitrogens is 2. The Morgan fingerprint density at radius 3 is 2.95 bits per heavy atom. The molecule has 0 amide bonds. The predicted molar refractivity (Wildman–Crippen MR) is 90.5 cm³/mol. The first kappa shape index (κ1) is 15.5. The van der Waals surface area contributed by atoms with E-state index in [9.17, 15) is 9.18 Å². The summed E-state index contributed by atoms with van der Waals surface area (Å²) in [5.41, 5.74) is 2.46. The summed E-state index contributed by atoms with van der Waals surface area (Å²) in [6, 6.07) is 5.94. The Labute approximate surface area is 139 Å². The molecule has 7 heteroatoms. The summed E-state index contributed by atoms with van der Waals surface area (Å²) >= 11 is 9.04. The van der Waals surface area contributed by atoms with E-state index in [-0.39, 0.29) is 11.4 Å². The molecule has 114 valence electrons. The second-order valence-corrected chi connectivity index (χ2v) is 7.04. The quantitative estimate of drug-likeness (QED) is 0.701. The Balaban J connectivity index is 1.73. The van der Waals surface area contributed by atoms with Gasteiger partial charge in [0.05, 0.1) is 5.69 Å². The molecular weight excluding hydrogens is 343 g/mol. The van der Waals surface area contributed by atoms with Gasteiger partial charge in [0.25, 0.3) is 5.56 Å². The van der Waals surface area contributed by atoms with Crippen LogP contribution in [0.1, 0.15) is 17.0 Å². The predicted octanol–water partition coefficient (Wildman–Crippen LogP) is 4.29. The number of fused-ring (bicyclic) bond motifs is 1.